The summed E-state index contributed by atoms with van der Waals surface area (Å²) in [6.07, 6.45) is 9.04. The van der Waals surface area contributed by atoms with E-state index in [9.17, 15) is 14.7 Å². The summed E-state index contributed by atoms with van der Waals surface area (Å²) in [7, 11) is 5.12. The van der Waals surface area contributed by atoms with Gasteiger partial charge in [-0.05, 0) is 74.8 Å². The first-order valence-electron chi connectivity index (χ1n) is 22.0. The van der Waals surface area contributed by atoms with E-state index in [1.807, 2.05) is 19.2 Å². The largest absolute Gasteiger partial charge is 0.496 e. The molecule has 0 radical (unpaired) electrons. The zero-order chi connectivity index (χ0) is 43.2. The fourth-order valence-electron chi connectivity index (χ4n) is 13.4. The third-order valence-corrected chi connectivity index (χ3v) is 15.6. The number of rotatable bonds is 9. The molecule has 2 bridgehead atoms. The lowest BCUT2D eigenvalue weighted by atomic mass is 9.47. The number of aromatic nitrogens is 1. The van der Waals surface area contributed by atoms with Crippen molar-refractivity contribution in [1.29, 1.82) is 0 Å². The van der Waals surface area contributed by atoms with Gasteiger partial charge >= 0.3 is 11.9 Å². The van der Waals surface area contributed by atoms with Crippen LogP contribution in [0.15, 0.2) is 72.4 Å². The van der Waals surface area contributed by atoms with E-state index in [0.29, 0.717) is 37.1 Å². The van der Waals surface area contributed by atoms with Crippen LogP contribution >= 0.6 is 0 Å². The Morgan fingerprint density at radius 2 is 1.85 bits per heavy atom. The molecule has 1 unspecified atom stereocenters. The zero-order valence-corrected chi connectivity index (χ0v) is 36.7. The molecule has 3 N–H and O–H groups in total. The number of aromatic amines is 1. The number of methoxy groups -OCH3 is 2. The van der Waals surface area contributed by atoms with Crippen molar-refractivity contribution in [1.82, 2.24) is 20.1 Å². The molecule has 9 atom stereocenters. The number of anilines is 1. The number of H-pyrrole nitrogens is 1. The number of esters is 2. The maximum absolute atomic E-state index is 15.4. The molecule has 2 aromatic carbocycles. The van der Waals surface area contributed by atoms with Gasteiger partial charge in [-0.15, -0.1) is 0 Å². The van der Waals surface area contributed by atoms with Gasteiger partial charge in [0, 0.05) is 96.5 Å². The normalized spacial score (nSPS) is 33.5. The maximum Gasteiger partial charge on any atom is 0.322 e. The summed E-state index contributed by atoms with van der Waals surface area (Å²) in [5.74, 6) is -0.679. The van der Waals surface area contributed by atoms with E-state index >= 15 is 4.79 Å². The first-order valence-corrected chi connectivity index (χ1v) is 22.0. The molecule has 5 aliphatic heterocycles. The molecule has 1 amide bonds. The van der Waals surface area contributed by atoms with Gasteiger partial charge in [-0.1, -0.05) is 62.4 Å². The Kier molecular flexibility index (Phi) is 10.1. The van der Waals surface area contributed by atoms with Gasteiger partial charge in [-0.3, -0.25) is 24.2 Å². The number of carbonyl (C=O) groups is 3. The molecular formula is C49H61N5O7. The minimum atomic E-state index is -1.78. The van der Waals surface area contributed by atoms with E-state index < -0.39 is 40.0 Å². The summed E-state index contributed by atoms with van der Waals surface area (Å²) in [4.78, 5) is 52.8. The van der Waals surface area contributed by atoms with Crippen molar-refractivity contribution in [2.45, 2.75) is 94.4 Å². The second-order valence-corrected chi connectivity index (χ2v) is 18.6. The third kappa shape index (κ3) is 5.77. The first-order chi connectivity index (χ1) is 29.2. The molecule has 61 heavy (non-hydrogen) atoms. The number of likely N-dealkylation sites (N-methyl/N-ethyl adjacent to an activating group) is 1. The van der Waals surface area contributed by atoms with Crippen molar-refractivity contribution in [3.8, 4) is 5.75 Å². The molecule has 1 aromatic heterocycles. The molecule has 9 rings (SSSR count). The molecule has 1 spiro atoms. The van der Waals surface area contributed by atoms with Gasteiger partial charge in [-0.2, -0.15) is 0 Å². The van der Waals surface area contributed by atoms with E-state index in [4.69, 9.17) is 14.2 Å². The van der Waals surface area contributed by atoms with Crippen LogP contribution in [0.3, 0.4) is 0 Å². The fraction of sp³-hybridized carbons (Fsp3) is 0.531. The molecule has 1 saturated heterocycles. The number of hydrogen-bond donors (Lipinski definition) is 3. The number of nitrogens with zero attached hydrogens (tertiary/aromatic N) is 3. The number of carbonyl (C=O) groups excluding carboxylic acids is 3. The number of fused-ring (bicyclic) bond motifs is 6. The number of hydrogen-bond acceptors (Lipinski definition) is 10. The van der Waals surface area contributed by atoms with Crippen LogP contribution in [0.2, 0.25) is 0 Å². The molecule has 12 nitrogen and oxygen atoms in total. The Morgan fingerprint density at radius 3 is 2.56 bits per heavy atom. The van der Waals surface area contributed by atoms with Gasteiger partial charge < -0.3 is 34.5 Å². The van der Waals surface area contributed by atoms with Crippen LogP contribution < -0.4 is 15.0 Å². The van der Waals surface area contributed by atoms with Crippen LogP contribution in [0.4, 0.5) is 5.69 Å². The third-order valence-electron chi connectivity index (χ3n) is 15.6. The number of nitrogens with one attached hydrogen (secondary N) is 2. The summed E-state index contributed by atoms with van der Waals surface area (Å²) in [6.45, 7) is 15.0. The van der Waals surface area contributed by atoms with Gasteiger partial charge in [0.1, 0.15) is 22.9 Å². The Morgan fingerprint density at radius 1 is 1.07 bits per heavy atom. The minimum Gasteiger partial charge on any atom is -0.496 e. The van der Waals surface area contributed by atoms with E-state index in [0.717, 1.165) is 78.0 Å². The van der Waals surface area contributed by atoms with Crippen LogP contribution in [0.1, 0.15) is 75.8 Å². The highest BCUT2D eigenvalue weighted by Crippen LogP contribution is 2.68. The van der Waals surface area contributed by atoms with Crippen molar-refractivity contribution in [2.75, 3.05) is 65.4 Å². The summed E-state index contributed by atoms with van der Waals surface area (Å²) in [5, 5.41) is 17.8. The predicted molar refractivity (Wildman–Crippen MR) is 235 cm³/mol. The molecule has 6 aliphatic rings. The molecular weight excluding hydrogens is 771 g/mol. The average Bonchev–Trinajstić information content (AvgIpc) is 3.92. The molecule has 12 heteroatoms. The van der Waals surface area contributed by atoms with Crippen LogP contribution in [-0.4, -0.2) is 122 Å². The van der Waals surface area contributed by atoms with Crippen molar-refractivity contribution in [3.05, 3.63) is 94.7 Å². The molecule has 2 fully saturated rings. The van der Waals surface area contributed by atoms with Crippen molar-refractivity contribution in [3.63, 3.8) is 0 Å². The van der Waals surface area contributed by atoms with E-state index in [2.05, 4.69) is 87.9 Å². The SMILES string of the molecule is C=C(C)C(=O)NC[C@@]1(O)[C@H](OC(C)=O)[C@]2(CC)C=CCN3CC[C@@]4(c5cc([C@@]6(C(=O)OC)C[C@@H]7C=C(CC)CN(CCc8c6[nH]c6ccccc86)C7)c(OC)cc5N(C)[C@@H]14)[C@@H]32. The number of amides is 1. The molecule has 1 saturated carbocycles. The van der Waals surface area contributed by atoms with Crippen LogP contribution in [0.5, 0.6) is 5.75 Å². The number of benzene rings is 2. The smallest absolute Gasteiger partial charge is 0.322 e. The average molecular weight is 832 g/mol. The van der Waals surface area contributed by atoms with Gasteiger partial charge in [-0.25, -0.2) is 0 Å². The van der Waals surface area contributed by atoms with E-state index in [1.54, 1.807) is 14.0 Å². The van der Waals surface area contributed by atoms with Crippen molar-refractivity contribution < 1.29 is 33.7 Å². The second-order valence-electron chi connectivity index (χ2n) is 18.6. The van der Waals surface area contributed by atoms with Crippen LogP contribution in [0.25, 0.3) is 10.9 Å². The van der Waals surface area contributed by atoms with Gasteiger partial charge in [0.2, 0.25) is 5.91 Å². The summed E-state index contributed by atoms with van der Waals surface area (Å²) in [6, 6.07) is 11.7. The molecule has 6 heterocycles. The first kappa shape index (κ1) is 41.4. The predicted octanol–water partition coefficient (Wildman–Crippen LogP) is 5.32. The molecule has 1 aliphatic carbocycles. The Balaban J connectivity index is 1.35. The highest BCUT2D eigenvalue weighted by Gasteiger charge is 2.78. The number of aliphatic hydroxyl groups is 1. The Bertz CT molecular complexity index is 2390. The van der Waals surface area contributed by atoms with Crippen LogP contribution in [-0.2, 0) is 41.1 Å². The summed E-state index contributed by atoms with van der Waals surface area (Å²) >= 11 is 0. The fourth-order valence-corrected chi connectivity index (χ4v) is 13.4. The molecule has 324 valence electrons. The lowest BCUT2D eigenvalue weighted by Gasteiger charge is -2.64. The van der Waals surface area contributed by atoms with Crippen molar-refractivity contribution >= 4 is 34.4 Å². The zero-order valence-electron chi connectivity index (χ0n) is 36.7. The van der Waals surface area contributed by atoms with Gasteiger partial charge in [0.15, 0.2) is 0 Å². The van der Waals surface area contributed by atoms with E-state index in [-0.39, 0.29) is 30.4 Å². The Hall–Kier alpha value is -4.91. The standard InChI is InChI=1S/C49H61N5O7/c1-9-31-22-32-25-48(45(57)60-8,40-34(16-20-53(26-31)27-32)33-14-11-12-15-37(33)51-40)36-23-35-38(24-39(36)59-7)52(6)43-47(35)18-21-54-19-13-17-46(10-2,42(47)54)44(61-30(5)55)49(43,58)28-50-41(56)29(3)4/h11-15,17,22-24,32,42-44,51,58H,3,9-10,16,18-21,25-28H2,1-2,4-8H3,(H,50,56)/t32-,42-,43+,44+,46+,47+,48-,49-/m0/s1. The molecule has 3 aromatic rings. The quantitative estimate of drug-likeness (QED) is 0.148. The topological polar surface area (TPSA) is 137 Å². The lowest BCUT2D eigenvalue weighted by molar-refractivity contribution is -0.217. The Labute approximate surface area is 358 Å². The highest BCUT2D eigenvalue weighted by atomic mass is 16.6. The highest BCUT2D eigenvalue weighted by molar-refractivity contribution is 5.95. The summed E-state index contributed by atoms with van der Waals surface area (Å²) in [5.41, 5.74) is 2.45. The van der Waals surface area contributed by atoms with Crippen LogP contribution in [0, 0.1) is 11.3 Å². The second kappa shape index (κ2) is 14.9. The number of para-hydroxylation sites is 1. The van der Waals surface area contributed by atoms with Gasteiger partial charge in [0.05, 0.1) is 26.8 Å². The van der Waals surface area contributed by atoms with Crippen molar-refractivity contribution in [2.24, 2.45) is 11.3 Å². The van der Waals surface area contributed by atoms with E-state index in [1.165, 1.54) is 19.6 Å². The maximum atomic E-state index is 15.4. The monoisotopic (exact) mass is 831 g/mol. The minimum absolute atomic E-state index is 0.0334. The van der Waals surface area contributed by atoms with Gasteiger partial charge in [0.25, 0.3) is 0 Å². The number of ether oxygens (including phenoxy) is 3. The lowest BCUT2D eigenvalue weighted by Crippen LogP contribution is -2.81. The summed E-state index contributed by atoms with van der Waals surface area (Å²) < 4.78 is 18.8.